The Morgan fingerprint density at radius 2 is 0.875 bits per heavy atom. The molecule has 13 rings (SSSR count). The number of benzene rings is 10. The van der Waals surface area contributed by atoms with E-state index in [2.05, 4.69) is 222 Å². The molecular formula is C60H38N2O2. The highest BCUT2D eigenvalue weighted by molar-refractivity contribution is 6.14. The molecule has 3 heterocycles. The molecule has 0 saturated heterocycles. The molecule has 4 heteroatoms. The summed E-state index contributed by atoms with van der Waals surface area (Å²) < 4.78 is 15.9. The van der Waals surface area contributed by atoms with Gasteiger partial charge < -0.3 is 18.3 Å². The Morgan fingerprint density at radius 1 is 0.328 bits per heavy atom. The Hall–Kier alpha value is -8.60. The molecule has 3 aromatic heterocycles. The topological polar surface area (TPSA) is 34.5 Å². The van der Waals surface area contributed by atoms with Crippen molar-refractivity contribution >= 4 is 82.7 Å². The van der Waals surface area contributed by atoms with E-state index in [1.54, 1.807) is 0 Å². The first-order chi connectivity index (χ1) is 31.7. The molecule has 0 N–H and O–H groups in total. The number of para-hydroxylation sites is 5. The molecular weight excluding hydrogens is 781 g/mol. The van der Waals surface area contributed by atoms with Gasteiger partial charge in [-0.05, 0) is 95.1 Å². The van der Waals surface area contributed by atoms with Crippen molar-refractivity contribution in [1.82, 2.24) is 4.57 Å². The Labute approximate surface area is 369 Å². The molecule has 4 nitrogen and oxygen atoms in total. The van der Waals surface area contributed by atoms with Crippen LogP contribution in [0.2, 0.25) is 0 Å². The van der Waals surface area contributed by atoms with Gasteiger partial charge in [-0.3, -0.25) is 0 Å². The minimum absolute atomic E-state index is 0.840. The largest absolute Gasteiger partial charge is 0.455 e. The molecule has 0 aliphatic rings. The Kier molecular flexibility index (Phi) is 8.18. The quantitative estimate of drug-likeness (QED) is 0.161. The van der Waals surface area contributed by atoms with Crippen LogP contribution in [0.5, 0.6) is 0 Å². The molecule has 0 atom stereocenters. The van der Waals surface area contributed by atoms with Crippen LogP contribution in [0.1, 0.15) is 0 Å². The summed E-state index contributed by atoms with van der Waals surface area (Å²) >= 11 is 0. The minimum atomic E-state index is 0.840. The maximum absolute atomic E-state index is 6.97. The van der Waals surface area contributed by atoms with Gasteiger partial charge in [0, 0.05) is 60.5 Å². The van der Waals surface area contributed by atoms with Gasteiger partial charge in [0.1, 0.15) is 22.3 Å². The molecule has 0 unspecified atom stereocenters. The highest BCUT2D eigenvalue weighted by Gasteiger charge is 2.24. The molecule has 0 spiro atoms. The molecule has 0 saturated carbocycles. The van der Waals surface area contributed by atoms with E-state index in [4.69, 9.17) is 8.83 Å². The standard InChI is InChI=1S/C60H38N2O2/c1-2-15-39(16-3-1)40-31-33-43(34-32-40)61(44-19-12-17-41(37-44)46-25-14-26-51-49-23-6-10-29-56(49)63-59(46)51)55-36-35-52-50-24-7-11-30-57(50)64-60(52)58(55)42-18-13-20-45(38-42)62-53-27-8-4-21-47(53)48-22-5-9-28-54(48)62/h1-38H. The predicted molar refractivity (Wildman–Crippen MR) is 266 cm³/mol. The van der Waals surface area contributed by atoms with Crippen LogP contribution in [0.15, 0.2) is 239 Å². The number of nitrogens with zero attached hydrogens (tertiary/aromatic N) is 2. The first-order valence-corrected chi connectivity index (χ1v) is 21.7. The van der Waals surface area contributed by atoms with Gasteiger partial charge in [0.25, 0.3) is 0 Å². The van der Waals surface area contributed by atoms with E-state index in [-0.39, 0.29) is 0 Å². The van der Waals surface area contributed by atoms with E-state index < -0.39 is 0 Å². The molecule has 13 aromatic rings. The zero-order chi connectivity index (χ0) is 42.1. The maximum Gasteiger partial charge on any atom is 0.145 e. The molecule has 0 fully saturated rings. The minimum Gasteiger partial charge on any atom is -0.455 e. The van der Waals surface area contributed by atoms with Crippen molar-refractivity contribution in [3.05, 3.63) is 231 Å². The highest BCUT2D eigenvalue weighted by atomic mass is 16.3. The second kappa shape index (κ2) is 14.5. The summed E-state index contributed by atoms with van der Waals surface area (Å²) in [4.78, 5) is 2.38. The molecule has 0 aliphatic carbocycles. The highest BCUT2D eigenvalue weighted by Crippen LogP contribution is 2.48. The average Bonchev–Trinajstić information content (AvgIpc) is 4.04. The van der Waals surface area contributed by atoms with Crippen LogP contribution in [-0.2, 0) is 0 Å². The molecule has 300 valence electrons. The Balaban J connectivity index is 1.07. The van der Waals surface area contributed by atoms with Gasteiger partial charge in [0.05, 0.1) is 16.7 Å². The predicted octanol–water partition coefficient (Wildman–Crippen LogP) is 17.1. The molecule has 64 heavy (non-hydrogen) atoms. The molecule has 10 aromatic carbocycles. The lowest BCUT2D eigenvalue weighted by Gasteiger charge is -2.29. The van der Waals surface area contributed by atoms with Gasteiger partial charge in [0.2, 0.25) is 0 Å². The fourth-order valence-corrected chi connectivity index (χ4v) is 9.89. The number of hydrogen-bond donors (Lipinski definition) is 0. The first kappa shape index (κ1) is 36.1. The van der Waals surface area contributed by atoms with Gasteiger partial charge in [-0.1, -0.05) is 158 Å². The zero-order valence-corrected chi connectivity index (χ0v) is 34.7. The van der Waals surface area contributed by atoms with Crippen molar-refractivity contribution in [2.24, 2.45) is 0 Å². The summed E-state index contributed by atoms with van der Waals surface area (Å²) in [6.45, 7) is 0. The van der Waals surface area contributed by atoms with Gasteiger partial charge in [-0.15, -0.1) is 0 Å². The molecule has 0 aliphatic heterocycles. The van der Waals surface area contributed by atoms with Crippen LogP contribution in [-0.4, -0.2) is 4.57 Å². The van der Waals surface area contributed by atoms with Crippen molar-refractivity contribution in [3.8, 4) is 39.1 Å². The van der Waals surface area contributed by atoms with Crippen molar-refractivity contribution in [1.29, 1.82) is 0 Å². The van der Waals surface area contributed by atoms with Crippen LogP contribution in [0.4, 0.5) is 17.1 Å². The van der Waals surface area contributed by atoms with Crippen LogP contribution >= 0.6 is 0 Å². The third-order valence-electron chi connectivity index (χ3n) is 12.8. The van der Waals surface area contributed by atoms with E-state index in [1.165, 1.54) is 27.4 Å². The summed E-state index contributed by atoms with van der Waals surface area (Å²) in [7, 11) is 0. The van der Waals surface area contributed by atoms with Gasteiger partial charge >= 0.3 is 0 Å². The normalized spacial score (nSPS) is 11.8. The smallest absolute Gasteiger partial charge is 0.145 e. The van der Waals surface area contributed by atoms with Crippen LogP contribution in [0, 0.1) is 0 Å². The van der Waals surface area contributed by atoms with Crippen LogP contribution < -0.4 is 4.90 Å². The van der Waals surface area contributed by atoms with E-state index in [0.29, 0.717) is 0 Å². The molecule has 0 bridgehead atoms. The number of hydrogen-bond acceptors (Lipinski definition) is 3. The van der Waals surface area contributed by atoms with Crippen LogP contribution in [0.25, 0.3) is 105 Å². The number of rotatable bonds is 7. The lowest BCUT2D eigenvalue weighted by molar-refractivity contribution is 0.669. The van der Waals surface area contributed by atoms with E-state index >= 15 is 0 Å². The van der Waals surface area contributed by atoms with Gasteiger partial charge in [0.15, 0.2) is 0 Å². The summed E-state index contributed by atoms with van der Waals surface area (Å²) in [6, 6.07) is 82.1. The van der Waals surface area contributed by atoms with Crippen molar-refractivity contribution in [3.63, 3.8) is 0 Å². The van der Waals surface area contributed by atoms with E-state index in [0.717, 1.165) is 94.4 Å². The summed E-state index contributed by atoms with van der Waals surface area (Å²) in [5.41, 5.74) is 16.4. The second-order valence-electron chi connectivity index (χ2n) is 16.4. The third kappa shape index (κ3) is 5.70. The zero-order valence-electron chi connectivity index (χ0n) is 34.7. The Morgan fingerprint density at radius 3 is 1.61 bits per heavy atom. The van der Waals surface area contributed by atoms with Crippen molar-refractivity contribution < 1.29 is 8.83 Å². The van der Waals surface area contributed by atoms with Crippen LogP contribution in [0.3, 0.4) is 0 Å². The van der Waals surface area contributed by atoms with E-state index in [1.807, 2.05) is 18.2 Å². The Bertz CT molecular complexity index is 3860. The fraction of sp³-hybridized carbons (Fsp3) is 0. The summed E-state index contributed by atoms with van der Waals surface area (Å²) in [6.07, 6.45) is 0. The SMILES string of the molecule is c1ccc(-c2ccc(N(c3cccc(-c4cccc5c4oc4ccccc45)c3)c3ccc4c(oc5ccccc54)c3-c3cccc(-n4c5ccccc5c5ccccc54)c3)cc2)cc1. The number of furan rings is 2. The monoisotopic (exact) mass is 818 g/mol. The maximum atomic E-state index is 6.97. The summed E-state index contributed by atoms with van der Waals surface area (Å²) in [5, 5.41) is 6.83. The number of anilines is 3. The number of aromatic nitrogens is 1. The third-order valence-corrected chi connectivity index (χ3v) is 12.8. The second-order valence-corrected chi connectivity index (χ2v) is 16.4. The van der Waals surface area contributed by atoms with Gasteiger partial charge in [-0.2, -0.15) is 0 Å². The van der Waals surface area contributed by atoms with Gasteiger partial charge in [-0.25, -0.2) is 0 Å². The van der Waals surface area contributed by atoms with Crippen molar-refractivity contribution in [2.75, 3.05) is 4.90 Å². The van der Waals surface area contributed by atoms with E-state index in [9.17, 15) is 0 Å². The lowest BCUT2D eigenvalue weighted by atomic mass is 9.97. The van der Waals surface area contributed by atoms with Crippen molar-refractivity contribution in [2.45, 2.75) is 0 Å². The lowest BCUT2D eigenvalue weighted by Crippen LogP contribution is -2.11. The summed E-state index contributed by atoms with van der Waals surface area (Å²) in [5.74, 6) is 0. The molecule has 0 radical (unpaired) electrons. The first-order valence-electron chi connectivity index (χ1n) is 21.7. The average molecular weight is 819 g/mol. The fourth-order valence-electron chi connectivity index (χ4n) is 9.89. The number of fused-ring (bicyclic) bond motifs is 9. The molecule has 0 amide bonds.